The highest BCUT2D eigenvalue weighted by Crippen LogP contribution is 2.30. The Kier molecular flexibility index (Phi) is 4.04. The molecule has 0 bridgehead atoms. The van der Waals surface area contributed by atoms with E-state index in [1.807, 2.05) is 6.92 Å². The molecule has 2 unspecified atom stereocenters. The first-order valence-corrected chi connectivity index (χ1v) is 6.53. The van der Waals surface area contributed by atoms with Crippen LogP contribution in [-0.2, 0) is 6.18 Å². The predicted molar refractivity (Wildman–Crippen MR) is 69.2 cm³/mol. The van der Waals surface area contributed by atoms with Gasteiger partial charge in [0.1, 0.15) is 0 Å². The van der Waals surface area contributed by atoms with Gasteiger partial charge in [-0.1, -0.05) is 6.07 Å². The summed E-state index contributed by atoms with van der Waals surface area (Å²) < 4.78 is 38.0. The van der Waals surface area contributed by atoms with Crippen molar-refractivity contribution in [1.29, 1.82) is 0 Å². The molecule has 1 fully saturated rings. The molecular formula is C14H17F3N2O. The van der Waals surface area contributed by atoms with Crippen molar-refractivity contribution in [3.63, 3.8) is 0 Å². The largest absolute Gasteiger partial charge is 0.416 e. The third kappa shape index (κ3) is 3.12. The van der Waals surface area contributed by atoms with E-state index in [1.165, 1.54) is 12.1 Å². The summed E-state index contributed by atoms with van der Waals surface area (Å²) in [5, 5.41) is 0. The fourth-order valence-corrected chi connectivity index (χ4v) is 2.50. The van der Waals surface area contributed by atoms with Gasteiger partial charge in [-0.15, -0.1) is 0 Å². The van der Waals surface area contributed by atoms with Crippen molar-refractivity contribution in [3.8, 4) is 0 Å². The summed E-state index contributed by atoms with van der Waals surface area (Å²) in [6.07, 6.45) is -3.09. The van der Waals surface area contributed by atoms with E-state index in [4.69, 9.17) is 5.73 Å². The fourth-order valence-electron chi connectivity index (χ4n) is 2.50. The van der Waals surface area contributed by atoms with Crippen LogP contribution >= 0.6 is 0 Å². The van der Waals surface area contributed by atoms with Crippen LogP contribution in [0.5, 0.6) is 0 Å². The second kappa shape index (κ2) is 5.44. The Morgan fingerprint density at radius 2 is 2.10 bits per heavy atom. The molecule has 1 aromatic carbocycles. The molecule has 1 aliphatic rings. The lowest BCUT2D eigenvalue weighted by molar-refractivity contribution is -0.137. The maximum absolute atomic E-state index is 12.7. The summed E-state index contributed by atoms with van der Waals surface area (Å²) in [4.78, 5) is 13.9. The fraction of sp³-hybridized carbons (Fsp3) is 0.500. The highest BCUT2D eigenvalue weighted by atomic mass is 19.4. The number of nitrogens with zero attached hydrogens (tertiary/aromatic N) is 1. The number of benzene rings is 1. The first kappa shape index (κ1) is 14.8. The second-order valence-electron chi connectivity index (χ2n) is 5.21. The lowest BCUT2D eigenvalue weighted by Crippen LogP contribution is -2.48. The Hall–Kier alpha value is -1.56. The molecule has 2 N–H and O–H groups in total. The maximum Gasteiger partial charge on any atom is 0.416 e. The van der Waals surface area contributed by atoms with Crippen molar-refractivity contribution in [1.82, 2.24) is 4.90 Å². The van der Waals surface area contributed by atoms with Gasteiger partial charge in [-0.3, -0.25) is 4.79 Å². The van der Waals surface area contributed by atoms with E-state index in [0.29, 0.717) is 19.4 Å². The molecule has 1 heterocycles. The third-order valence-electron chi connectivity index (χ3n) is 3.61. The van der Waals surface area contributed by atoms with Crippen LogP contribution in [0.15, 0.2) is 24.3 Å². The number of rotatable bonds is 1. The molecule has 1 amide bonds. The first-order chi connectivity index (χ1) is 9.29. The van der Waals surface area contributed by atoms with Gasteiger partial charge in [-0.05, 0) is 38.0 Å². The molecule has 2 rings (SSSR count). The van der Waals surface area contributed by atoms with Gasteiger partial charge in [0.15, 0.2) is 0 Å². The van der Waals surface area contributed by atoms with Crippen LogP contribution in [-0.4, -0.2) is 29.4 Å². The van der Waals surface area contributed by atoms with Crippen molar-refractivity contribution < 1.29 is 18.0 Å². The number of hydrogen-bond acceptors (Lipinski definition) is 2. The van der Waals surface area contributed by atoms with Gasteiger partial charge < -0.3 is 10.6 Å². The molecule has 0 saturated carbocycles. The topological polar surface area (TPSA) is 46.3 Å². The van der Waals surface area contributed by atoms with Crippen molar-refractivity contribution in [2.24, 2.45) is 5.73 Å². The predicted octanol–water partition coefficient (Wildman–Crippen LogP) is 2.66. The van der Waals surface area contributed by atoms with E-state index in [2.05, 4.69) is 0 Å². The summed E-state index contributed by atoms with van der Waals surface area (Å²) >= 11 is 0. The minimum atomic E-state index is -4.44. The number of likely N-dealkylation sites (tertiary alicyclic amines) is 1. The summed E-state index contributed by atoms with van der Waals surface area (Å²) in [5.74, 6) is -0.365. The second-order valence-corrected chi connectivity index (χ2v) is 5.21. The number of halogens is 3. The van der Waals surface area contributed by atoms with Gasteiger partial charge in [-0.2, -0.15) is 13.2 Å². The highest BCUT2D eigenvalue weighted by molar-refractivity contribution is 5.94. The lowest BCUT2D eigenvalue weighted by atomic mass is 9.98. The van der Waals surface area contributed by atoms with Crippen LogP contribution in [0.25, 0.3) is 0 Å². The quantitative estimate of drug-likeness (QED) is 0.862. The molecule has 0 spiro atoms. The zero-order chi connectivity index (χ0) is 14.9. The smallest absolute Gasteiger partial charge is 0.336 e. The van der Waals surface area contributed by atoms with Crippen LogP contribution in [0.3, 0.4) is 0 Å². The Morgan fingerprint density at radius 1 is 1.40 bits per heavy atom. The lowest BCUT2D eigenvalue weighted by Gasteiger charge is -2.36. The Balaban J connectivity index is 2.21. The molecule has 1 aliphatic heterocycles. The van der Waals surface area contributed by atoms with Gasteiger partial charge in [0.2, 0.25) is 0 Å². The molecule has 2 atom stereocenters. The molecule has 0 aliphatic carbocycles. The molecule has 0 radical (unpaired) electrons. The number of carbonyl (C=O) groups excluding carboxylic acids is 1. The first-order valence-electron chi connectivity index (χ1n) is 6.53. The van der Waals surface area contributed by atoms with Crippen molar-refractivity contribution in [2.75, 3.05) is 6.54 Å². The van der Waals surface area contributed by atoms with Crippen molar-refractivity contribution in [3.05, 3.63) is 35.4 Å². The molecule has 6 heteroatoms. The minimum absolute atomic E-state index is 0.0514. The monoisotopic (exact) mass is 286 g/mol. The van der Waals surface area contributed by atoms with E-state index in [0.717, 1.165) is 12.1 Å². The van der Waals surface area contributed by atoms with Gasteiger partial charge in [-0.25, -0.2) is 0 Å². The standard InChI is InChI=1S/C14H17F3N2O/c1-9-7-12(18)5-6-19(9)13(20)10-3-2-4-11(8-10)14(15,16)17/h2-4,8-9,12H,5-7,18H2,1H3. The Morgan fingerprint density at radius 3 is 2.70 bits per heavy atom. The van der Waals surface area contributed by atoms with E-state index >= 15 is 0 Å². The number of carbonyl (C=O) groups is 1. The maximum atomic E-state index is 12.7. The van der Waals surface area contributed by atoms with Crippen LogP contribution in [0.4, 0.5) is 13.2 Å². The Bertz CT molecular complexity index is 501. The molecular weight excluding hydrogens is 269 g/mol. The van der Waals surface area contributed by atoms with Crippen LogP contribution in [0.1, 0.15) is 35.7 Å². The number of hydrogen-bond donors (Lipinski definition) is 1. The summed E-state index contributed by atoms with van der Waals surface area (Å²) in [6.45, 7) is 2.35. The third-order valence-corrected chi connectivity index (χ3v) is 3.61. The van der Waals surface area contributed by atoms with Crippen molar-refractivity contribution >= 4 is 5.91 Å². The minimum Gasteiger partial charge on any atom is -0.336 e. The van der Waals surface area contributed by atoms with Crippen LogP contribution < -0.4 is 5.73 Å². The van der Waals surface area contributed by atoms with E-state index < -0.39 is 11.7 Å². The Labute approximate surface area is 115 Å². The molecule has 1 aromatic rings. The molecule has 1 saturated heterocycles. The SMILES string of the molecule is CC1CC(N)CCN1C(=O)c1cccc(C(F)(F)F)c1. The van der Waals surface area contributed by atoms with Crippen LogP contribution in [0, 0.1) is 0 Å². The van der Waals surface area contributed by atoms with Crippen LogP contribution in [0.2, 0.25) is 0 Å². The van der Waals surface area contributed by atoms with Gasteiger partial charge in [0, 0.05) is 24.2 Å². The van der Waals surface area contributed by atoms with E-state index in [-0.39, 0.29) is 23.6 Å². The molecule has 3 nitrogen and oxygen atoms in total. The van der Waals surface area contributed by atoms with E-state index in [9.17, 15) is 18.0 Å². The zero-order valence-electron chi connectivity index (χ0n) is 11.2. The highest BCUT2D eigenvalue weighted by Gasteiger charge is 2.32. The number of alkyl halides is 3. The van der Waals surface area contributed by atoms with Gasteiger partial charge >= 0.3 is 6.18 Å². The summed E-state index contributed by atoms with van der Waals surface area (Å²) in [6, 6.07) is 4.54. The molecule has 20 heavy (non-hydrogen) atoms. The summed E-state index contributed by atoms with van der Waals surface area (Å²) in [7, 11) is 0. The van der Waals surface area contributed by atoms with Crippen molar-refractivity contribution in [2.45, 2.75) is 38.0 Å². The average Bonchev–Trinajstić information content (AvgIpc) is 2.37. The van der Waals surface area contributed by atoms with Gasteiger partial charge in [0.25, 0.3) is 5.91 Å². The molecule has 0 aromatic heterocycles. The summed E-state index contributed by atoms with van der Waals surface area (Å²) in [5.41, 5.74) is 5.09. The number of amides is 1. The van der Waals surface area contributed by atoms with Gasteiger partial charge in [0.05, 0.1) is 5.56 Å². The number of piperidine rings is 1. The normalized spacial score (nSPS) is 23.8. The molecule has 110 valence electrons. The average molecular weight is 286 g/mol. The number of nitrogens with two attached hydrogens (primary N) is 1. The zero-order valence-corrected chi connectivity index (χ0v) is 11.2. The van der Waals surface area contributed by atoms with E-state index in [1.54, 1.807) is 4.90 Å².